The van der Waals surface area contributed by atoms with Gasteiger partial charge in [-0.15, -0.1) is 0 Å². The third-order valence-corrected chi connectivity index (χ3v) is 3.70. The lowest BCUT2D eigenvalue weighted by molar-refractivity contribution is 0.0941. The largest absolute Gasteiger partial charge is 0.395 e. The molecule has 1 aromatic carbocycles. The first-order valence-electron chi connectivity index (χ1n) is 7.12. The number of H-pyrrole nitrogens is 1. The van der Waals surface area contributed by atoms with E-state index in [0.29, 0.717) is 12.2 Å². The number of anilines is 1. The van der Waals surface area contributed by atoms with Crippen molar-refractivity contribution in [3.8, 4) is 0 Å². The predicted molar refractivity (Wildman–Crippen MR) is 84.2 cm³/mol. The number of rotatable bonds is 5. The van der Waals surface area contributed by atoms with E-state index >= 15 is 0 Å². The van der Waals surface area contributed by atoms with E-state index < -0.39 is 0 Å². The van der Waals surface area contributed by atoms with Crippen LogP contribution in [0.2, 0.25) is 0 Å². The number of nitrogens with zero attached hydrogens (tertiary/aromatic N) is 1. The summed E-state index contributed by atoms with van der Waals surface area (Å²) in [6, 6.07) is 10.1. The molecule has 0 spiro atoms. The molecule has 0 atom stereocenters. The van der Waals surface area contributed by atoms with Crippen LogP contribution in [0.25, 0.3) is 0 Å². The average molecular weight is 286 g/mol. The molecule has 0 saturated heterocycles. The number of benzene rings is 1. The molecule has 0 aliphatic rings. The van der Waals surface area contributed by atoms with E-state index in [1.165, 1.54) is 5.56 Å². The van der Waals surface area contributed by atoms with E-state index in [4.69, 9.17) is 5.73 Å². The van der Waals surface area contributed by atoms with Crippen LogP contribution in [-0.2, 0) is 11.8 Å². The molecular formula is C16H22N4O. The Morgan fingerprint density at radius 3 is 2.57 bits per heavy atom. The number of carbonyl (C=O) groups excluding carboxylic acids is 1. The van der Waals surface area contributed by atoms with Gasteiger partial charge in [0.05, 0.1) is 11.4 Å². The first kappa shape index (κ1) is 15.1. The van der Waals surface area contributed by atoms with Gasteiger partial charge in [0, 0.05) is 12.0 Å². The molecule has 0 aliphatic heterocycles. The standard InChI is InChI=1S/C16H22N4O/c1-4-12-13(17)14(20-19-12)15(21)18-10-16(2,3)11-8-6-5-7-9-11/h5-9H,4,10,17H2,1-3H3,(H,18,21)(H,19,20). The van der Waals surface area contributed by atoms with Gasteiger partial charge in [-0.25, -0.2) is 0 Å². The Balaban J connectivity index is 2.05. The van der Waals surface area contributed by atoms with Crippen LogP contribution in [0.4, 0.5) is 5.69 Å². The van der Waals surface area contributed by atoms with Crippen LogP contribution in [0, 0.1) is 0 Å². The molecular weight excluding hydrogens is 264 g/mol. The Morgan fingerprint density at radius 2 is 2.00 bits per heavy atom. The summed E-state index contributed by atoms with van der Waals surface area (Å²) < 4.78 is 0. The fraction of sp³-hybridized carbons (Fsp3) is 0.375. The highest BCUT2D eigenvalue weighted by molar-refractivity contribution is 5.97. The van der Waals surface area contributed by atoms with Gasteiger partial charge in [-0.3, -0.25) is 9.89 Å². The van der Waals surface area contributed by atoms with Gasteiger partial charge in [0.1, 0.15) is 0 Å². The van der Waals surface area contributed by atoms with Crippen molar-refractivity contribution in [3.63, 3.8) is 0 Å². The number of hydrogen-bond acceptors (Lipinski definition) is 3. The summed E-state index contributed by atoms with van der Waals surface area (Å²) in [5.74, 6) is -0.243. The van der Waals surface area contributed by atoms with Crippen LogP contribution in [-0.4, -0.2) is 22.6 Å². The summed E-state index contributed by atoms with van der Waals surface area (Å²) in [6.07, 6.45) is 0.724. The monoisotopic (exact) mass is 286 g/mol. The number of nitrogens with two attached hydrogens (primary N) is 1. The van der Waals surface area contributed by atoms with Crippen molar-refractivity contribution in [2.75, 3.05) is 12.3 Å². The minimum Gasteiger partial charge on any atom is -0.395 e. The quantitative estimate of drug-likeness (QED) is 0.788. The molecule has 2 aromatic rings. The first-order valence-corrected chi connectivity index (χ1v) is 7.12. The second kappa shape index (κ2) is 5.99. The fourth-order valence-corrected chi connectivity index (χ4v) is 2.21. The van der Waals surface area contributed by atoms with E-state index in [0.717, 1.165) is 12.1 Å². The molecule has 5 heteroatoms. The highest BCUT2D eigenvalue weighted by atomic mass is 16.1. The Morgan fingerprint density at radius 1 is 1.33 bits per heavy atom. The summed E-state index contributed by atoms with van der Waals surface area (Å²) in [7, 11) is 0. The Hall–Kier alpha value is -2.30. The van der Waals surface area contributed by atoms with E-state index in [1.807, 2.05) is 25.1 Å². The van der Waals surface area contributed by atoms with Gasteiger partial charge in [-0.2, -0.15) is 5.10 Å². The van der Waals surface area contributed by atoms with E-state index in [1.54, 1.807) is 0 Å². The van der Waals surface area contributed by atoms with Crippen molar-refractivity contribution >= 4 is 11.6 Å². The zero-order chi connectivity index (χ0) is 15.5. The molecule has 1 heterocycles. The molecule has 0 unspecified atom stereocenters. The summed E-state index contributed by atoms with van der Waals surface area (Å²) >= 11 is 0. The lowest BCUT2D eigenvalue weighted by atomic mass is 9.84. The average Bonchev–Trinajstić information content (AvgIpc) is 2.87. The minimum atomic E-state index is -0.243. The number of aromatic nitrogens is 2. The second-order valence-corrected chi connectivity index (χ2v) is 5.75. The number of hydrogen-bond donors (Lipinski definition) is 3. The fourth-order valence-electron chi connectivity index (χ4n) is 2.21. The van der Waals surface area contributed by atoms with Gasteiger partial charge in [0.15, 0.2) is 5.69 Å². The van der Waals surface area contributed by atoms with Gasteiger partial charge in [-0.1, -0.05) is 51.1 Å². The van der Waals surface area contributed by atoms with Crippen LogP contribution >= 0.6 is 0 Å². The Bertz CT molecular complexity index is 616. The maximum absolute atomic E-state index is 12.2. The molecule has 1 aromatic heterocycles. The molecule has 5 nitrogen and oxygen atoms in total. The molecule has 0 aliphatic carbocycles. The molecule has 0 radical (unpaired) electrons. The van der Waals surface area contributed by atoms with Gasteiger partial charge in [0.2, 0.25) is 0 Å². The molecule has 112 valence electrons. The molecule has 1 amide bonds. The lowest BCUT2D eigenvalue weighted by Crippen LogP contribution is -2.37. The van der Waals surface area contributed by atoms with Gasteiger partial charge in [-0.05, 0) is 12.0 Å². The number of nitrogens with one attached hydrogen (secondary N) is 2. The van der Waals surface area contributed by atoms with Crippen molar-refractivity contribution in [2.45, 2.75) is 32.6 Å². The molecule has 0 bridgehead atoms. The third kappa shape index (κ3) is 3.24. The molecule has 21 heavy (non-hydrogen) atoms. The van der Waals surface area contributed by atoms with Crippen molar-refractivity contribution in [3.05, 3.63) is 47.3 Å². The molecule has 0 fully saturated rings. The van der Waals surface area contributed by atoms with Crippen LogP contribution in [0.15, 0.2) is 30.3 Å². The third-order valence-electron chi connectivity index (χ3n) is 3.70. The smallest absolute Gasteiger partial charge is 0.273 e. The lowest BCUT2D eigenvalue weighted by Gasteiger charge is -2.25. The zero-order valence-corrected chi connectivity index (χ0v) is 12.7. The Kier molecular flexibility index (Phi) is 4.31. The SMILES string of the molecule is CCc1[nH]nc(C(=O)NCC(C)(C)c2ccccc2)c1N. The number of carbonyl (C=O) groups is 1. The van der Waals surface area contributed by atoms with Crippen molar-refractivity contribution in [2.24, 2.45) is 0 Å². The zero-order valence-electron chi connectivity index (χ0n) is 12.7. The second-order valence-electron chi connectivity index (χ2n) is 5.75. The minimum absolute atomic E-state index is 0.157. The number of aryl methyl sites for hydroxylation is 1. The van der Waals surface area contributed by atoms with E-state index in [-0.39, 0.29) is 17.0 Å². The van der Waals surface area contributed by atoms with Crippen LogP contribution in [0.1, 0.15) is 42.5 Å². The predicted octanol–water partition coefficient (Wildman–Crippen LogP) is 2.26. The molecule has 4 N–H and O–H groups in total. The van der Waals surface area contributed by atoms with Crippen molar-refractivity contribution in [1.82, 2.24) is 15.5 Å². The number of amides is 1. The van der Waals surface area contributed by atoms with E-state index in [9.17, 15) is 4.79 Å². The van der Waals surface area contributed by atoms with E-state index in [2.05, 4.69) is 41.5 Å². The molecule has 0 saturated carbocycles. The summed E-state index contributed by atoms with van der Waals surface area (Å²) in [5, 5.41) is 9.71. The number of aromatic amines is 1. The normalized spacial score (nSPS) is 11.4. The van der Waals surface area contributed by atoms with Gasteiger partial charge >= 0.3 is 0 Å². The Labute approximate surface area is 124 Å². The van der Waals surface area contributed by atoms with Crippen molar-refractivity contribution in [1.29, 1.82) is 0 Å². The highest BCUT2D eigenvalue weighted by Crippen LogP contribution is 2.22. The van der Waals surface area contributed by atoms with Gasteiger partial charge in [0.25, 0.3) is 5.91 Å². The topological polar surface area (TPSA) is 83.8 Å². The summed E-state index contributed by atoms with van der Waals surface area (Å²) in [6.45, 7) is 6.66. The van der Waals surface area contributed by atoms with Crippen LogP contribution in [0.3, 0.4) is 0 Å². The first-order chi connectivity index (χ1) is 9.95. The summed E-state index contributed by atoms with van der Waals surface area (Å²) in [5.41, 5.74) is 8.43. The van der Waals surface area contributed by atoms with Crippen molar-refractivity contribution < 1.29 is 4.79 Å². The van der Waals surface area contributed by atoms with Crippen LogP contribution in [0.5, 0.6) is 0 Å². The van der Waals surface area contributed by atoms with Gasteiger partial charge < -0.3 is 11.1 Å². The number of nitrogen functional groups attached to an aromatic ring is 1. The highest BCUT2D eigenvalue weighted by Gasteiger charge is 2.23. The maximum atomic E-state index is 12.2. The van der Waals surface area contributed by atoms with Crippen LogP contribution < -0.4 is 11.1 Å². The molecule has 2 rings (SSSR count). The summed E-state index contributed by atoms with van der Waals surface area (Å²) in [4.78, 5) is 12.2. The maximum Gasteiger partial charge on any atom is 0.273 e.